The van der Waals surface area contributed by atoms with Gasteiger partial charge >= 0.3 is 0 Å². The van der Waals surface area contributed by atoms with E-state index in [1.807, 2.05) is 0 Å². The van der Waals surface area contributed by atoms with Crippen molar-refractivity contribution in [2.24, 2.45) is 10.9 Å². The van der Waals surface area contributed by atoms with Crippen LogP contribution in [0.25, 0.3) is 0 Å². The largest absolute Gasteiger partial charge is 0.379 e. The molecule has 1 heterocycles. The summed E-state index contributed by atoms with van der Waals surface area (Å²) in [4.78, 5) is 4.10. The lowest BCUT2D eigenvalue weighted by molar-refractivity contribution is 0.0730. The van der Waals surface area contributed by atoms with Crippen molar-refractivity contribution in [1.29, 1.82) is 0 Å². The van der Waals surface area contributed by atoms with Crippen molar-refractivity contribution in [2.75, 3.05) is 45.6 Å². The quantitative estimate of drug-likeness (QED) is 0.359. The molecule has 0 aromatic heterocycles. The lowest BCUT2D eigenvalue weighted by Crippen LogP contribution is -2.45. The average Bonchev–Trinajstić information content (AvgIpc) is 3.14. The SMILES string of the molecule is CN=C(NCCS(=O)(=O)N1CCOCC1)NC1CC1C.I. The zero-order chi connectivity index (χ0) is 14.6. The Morgan fingerprint density at radius 3 is 2.52 bits per heavy atom. The first-order chi connectivity index (χ1) is 9.53. The maximum absolute atomic E-state index is 12.1. The molecule has 0 bridgehead atoms. The second-order valence-corrected chi connectivity index (χ2v) is 7.38. The molecule has 2 fully saturated rings. The van der Waals surface area contributed by atoms with E-state index in [2.05, 4.69) is 22.5 Å². The fraction of sp³-hybridized carbons (Fsp3) is 0.917. The molecule has 0 spiro atoms. The summed E-state index contributed by atoms with van der Waals surface area (Å²) in [7, 11) is -1.51. The van der Waals surface area contributed by atoms with Gasteiger partial charge in [-0.3, -0.25) is 4.99 Å². The molecule has 1 aliphatic heterocycles. The maximum Gasteiger partial charge on any atom is 0.215 e. The van der Waals surface area contributed by atoms with Crippen LogP contribution < -0.4 is 10.6 Å². The number of morpholine rings is 1. The number of hydrogen-bond acceptors (Lipinski definition) is 4. The van der Waals surface area contributed by atoms with Crippen molar-refractivity contribution in [3.8, 4) is 0 Å². The summed E-state index contributed by atoms with van der Waals surface area (Å²) in [6.45, 7) is 4.41. The fourth-order valence-corrected chi connectivity index (χ4v) is 3.47. The number of halogens is 1. The lowest BCUT2D eigenvalue weighted by atomic mass is 10.5. The van der Waals surface area contributed by atoms with E-state index in [1.165, 1.54) is 4.31 Å². The van der Waals surface area contributed by atoms with Gasteiger partial charge in [-0.05, 0) is 12.3 Å². The highest BCUT2D eigenvalue weighted by atomic mass is 127. The Kier molecular flexibility index (Phi) is 7.65. The van der Waals surface area contributed by atoms with Crippen LogP contribution in [0.4, 0.5) is 0 Å². The molecule has 2 N–H and O–H groups in total. The Balaban J connectivity index is 0.00000220. The summed E-state index contributed by atoms with van der Waals surface area (Å²) in [5, 5.41) is 6.32. The Hall–Kier alpha value is -0.130. The number of nitrogens with zero attached hydrogens (tertiary/aromatic N) is 2. The molecule has 1 aliphatic carbocycles. The molecular formula is C12H25IN4O3S. The average molecular weight is 432 g/mol. The van der Waals surface area contributed by atoms with Crippen LogP contribution in [-0.4, -0.2) is 70.4 Å². The highest BCUT2D eigenvalue weighted by Crippen LogP contribution is 2.28. The number of sulfonamides is 1. The van der Waals surface area contributed by atoms with Crippen LogP contribution >= 0.6 is 24.0 Å². The summed E-state index contributed by atoms with van der Waals surface area (Å²) in [6.07, 6.45) is 1.15. The van der Waals surface area contributed by atoms with Gasteiger partial charge in [0.1, 0.15) is 0 Å². The van der Waals surface area contributed by atoms with Gasteiger partial charge in [0.05, 0.1) is 19.0 Å². The van der Waals surface area contributed by atoms with Crippen LogP contribution in [-0.2, 0) is 14.8 Å². The zero-order valence-corrected chi connectivity index (χ0v) is 15.7. The van der Waals surface area contributed by atoms with E-state index in [0.29, 0.717) is 50.8 Å². The molecule has 2 rings (SSSR count). The summed E-state index contributed by atoms with van der Waals surface area (Å²) >= 11 is 0. The normalized spacial score (nSPS) is 26.9. The van der Waals surface area contributed by atoms with Crippen molar-refractivity contribution in [1.82, 2.24) is 14.9 Å². The third-order valence-corrected chi connectivity index (χ3v) is 5.54. The van der Waals surface area contributed by atoms with Gasteiger partial charge in [-0.15, -0.1) is 24.0 Å². The van der Waals surface area contributed by atoms with Gasteiger partial charge in [-0.1, -0.05) is 6.92 Å². The molecule has 0 radical (unpaired) electrons. The van der Waals surface area contributed by atoms with Crippen LogP contribution in [0.2, 0.25) is 0 Å². The third-order valence-electron chi connectivity index (χ3n) is 3.67. The minimum Gasteiger partial charge on any atom is -0.379 e. The van der Waals surface area contributed by atoms with E-state index in [0.717, 1.165) is 6.42 Å². The van der Waals surface area contributed by atoms with Crippen LogP contribution in [0.15, 0.2) is 4.99 Å². The maximum atomic E-state index is 12.1. The van der Waals surface area contributed by atoms with E-state index in [-0.39, 0.29) is 29.7 Å². The summed E-state index contributed by atoms with van der Waals surface area (Å²) < 4.78 is 30.9. The van der Waals surface area contributed by atoms with Crippen molar-refractivity contribution >= 4 is 40.0 Å². The lowest BCUT2D eigenvalue weighted by Gasteiger charge is -2.26. The smallest absolute Gasteiger partial charge is 0.215 e. The molecule has 21 heavy (non-hydrogen) atoms. The molecule has 0 aromatic carbocycles. The minimum absolute atomic E-state index is 0. The first-order valence-electron chi connectivity index (χ1n) is 7.05. The van der Waals surface area contributed by atoms with E-state index >= 15 is 0 Å². The highest BCUT2D eigenvalue weighted by Gasteiger charge is 2.33. The Labute approximate surface area is 144 Å². The number of hydrogen-bond donors (Lipinski definition) is 2. The molecule has 2 aliphatic rings. The predicted octanol–water partition coefficient (Wildman–Crippen LogP) is -0.160. The van der Waals surface area contributed by atoms with Crippen molar-refractivity contribution in [3.05, 3.63) is 0 Å². The molecule has 1 saturated carbocycles. The summed E-state index contributed by atoms with van der Waals surface area (Å²) in [5.41, 5.74) is 0. The molecule has 2 atom stereocenters. The Morgan fingerprint density at radius 2 is 2.00 bits per heavy atom. The van der Waals surface area contributed by atoms with Gasteiger partial charge < -0.3 is 15.4 Å². The van der Waals surface area contributed by atoms with Crippen molar-refractivity contribution < 1.29 is 13.2 Å². The van der Waals surface area contributed by atoms with Crippen LogP contribution in [0.3, 0.4) is 0 Å². The third kappa shape index (κ3) is 5.87. The van der Waals surface area contributed by atoms with Crippen molar-refractivity contribution in [3.63, 3.8) is 0 Å². The van der Waals surface area contributed by atoms with Crippen LogP contribution in [0.1, 0.15) is 13.3 Å². The van der Waals surface area contributed by atoms with Gasteiger partial charge in [0, 0.05) is 32.7 Å². The number of aliphatic imine (C=N–C) groups is 1. The standard InChI is InChI=1S/C12H24N4O3S.HI/c1-10-9-11(10)15-12(13-2)14-3-8-20(17,18)16-4-6-19-7-5-16;/h10-11H,3-9H2,1-2H3,(H2,13,14,15);1H. The molecule has 0 amide bonds. The second kappa shape index (κ2) is 8.49. The molecule has 9 heteroatoms. The number of guanidine groups is 1. The Morgan fingerprint density at radius 1 is 1.38 bits per heavy atom. The summed E-state index contributed by atoms with van der Waals surface area (Å²) in [6, 6.07) is 0.469. The zero-order valence-electron chi connectivity index (χ0n) is 12.5. The van der Waals surface area contributed by atoms with Crippen LogP contribution in [0, 0.1) is 5.92 Å². The minimum atomic E-state index is -3.20. The molecular weight excluding hydrogens is 407 g/mol. The van der Waals surface area contributed by atoms with E-state index in [4.69, 9.17) is 4.74 Å². The van der Waals surface area contributed by atoms with E-state index in [9.17, 15) is 8.42 Å². The number of ether oxygens (including phenoxy) is 1. The topological polar surface area (TPSA) is 83.0 Å². The van der Waals surface area contributed by atoms with Gasteiger partial charge in [0.2, 0.25) is 10.0 Å². The fourth-order valence-electron chi connectivity index (χ4n) is 2.15. The van der Waals surface area contributed by atoms with Gasteiger partial charge in [0.15, 0.2) is 5.96 Å². The number of rotatable bonds is 5. The first-order valence-corrected chi connectivity index (χ1v) is 8.66. The molecule has 2 unspecified atom stereocenters. The molecule has 1 saturated heterocycles. The van der Waals surface area contributed by atoms with E-state index < -0.39 is 10.0 Å². The Bertz CT molecular complexity index is 451. The monoisotopic (exact) mass is 432 g/mol. The van der Waals surface area contributed by atoms with Gasteiger partial charge in [0.25, 0.3) is 0 Å². The molecule has 124 valence electrons. The highest BCUT2D eigenvalue weighted by molar-refractivity contribution is 14.0. The van der Waals surface area contributed by atoms with Gasteiger partial charge in [-0.2, -0.15) is 4.31 Å². The molecule has 0 aromatic rings. The van der Waals surface area contributed by atoms with E-state index in [1.54, 1.807) is 7.05 Å². The summed E-state index contributed by atoms with van der Waals surface area (Å²) in [5.74, 6) is 1.43. The van der Waals surface area contributed by atoms with Gasteiger partial charge in [-0.25, -0.2) is 8.42 Å². The van der Waals surface area contributed by atoms with Crippen molar-refractivity contribution in [2.45, 2.75) is 19.4 Å². The first kappa shape index (κ1) is 18.9. The number of nitrogens with one attached hydrogen (secondary N) is 2. The van der Waals surface area contributed by atoms with Crippen LogP contribution in [0.5, 0.6) is 0 Å². The molecule has 7 nitrogen and oxygen atoms in total. The second-order valence-electron chi connectivity index (χ2n) is 5.29. The predicted molar refractivity (Wildman–Crippen MR) is 93.7 cm³/mol.